The van der Waals surface area contributed by atoms with E-state index < -0.39 is 0 Å². The van der Waals surface area contributed by atoms with Crippen LogP contribution in [0.4, 0.5) is 0 Å². The Bertz CT molecular complexity index is 264. The molecule has 1 heterocycles. The van der Waals surface area contributed by atoms with Crippen molar-refractivity contribution in [3.8, 4) is 0 Å². The van der Waals surface area contributed by atoms with Gasteiger partial charge in [-0.25, -0.2) is 4.57 Å². The summed E-state index contributed by atoms with van der Waals surface area (Å²) in [5.74, 6) is 0. The van der Waals surface area contributed by atoms with Crippen LogP contribution in [0.3, 0.4) is 0 Å². The molecule has 0 atom stereocenters. The molecule has 1 aromatic rings. The Hall–Kier alpha value is -0.680. The van der Waals surface area contributed by atoms with Crippen LogP contribution in [0, 0.1) is 4.77 Å². The van der Waals surface area contributed by atoms with E-state index in [1.54, 1.807) is 15.6 Å². The highest BCUT2D eigenvalue weighted by atomic mass is 32.1. The van der Waals surface area contributed by atoms with E-state index in [-0.39, 0.29) is 6.61 Å². The lowest BCUT2D eigenvalue weighted by atomic mass is 10.7. The van der Waals surface area contributed by atoms with E-state index in [1.807, 2.05) is 7.05 Å². The number of nitrogens with zero attached hydrogens (tertiary/aromatic N) is 2. The minimum absolute atomic E-state index is 0.125. The van der Waals surface area contributed by atoms with E-state index in [0.717, 1.165) is 0 Å². The van der Waals surface area contributed by atoms with Crippen molar-refractivity contribution < 1.29 is 9.67 Å². The maximum Gasteiger partial charge on any atom is 0.322 e. The average Bonchev–Trinajstić information content (AvgIpc) is 2.14. The molecule has 0 unspecified atom stereocenters. The van der Waals surface area contributed by atoms with Crippen molar-refractivity contribution in [3.63, 3.8) is 0 Å². The minimum atomic E-state index is 0.125. The number of aromatic nitrogens is 3. The summed E-state index contributed by atoms with van der Waals surface area (Å²) in [4.78, 5) is 0. The first-order valence-corrected chi connectivity index (χ1v) is 3.41. The largest absolute Gasteiger partial charge is 0.393 e. The van der Waals surface area contributed by atoms with Crippen molar-refractivity contribution in [2.24, 2.45) is 7.05 Å². The predicted octanol–water partition coefficient (Wildman–Crippen LogP) is -0.638. The molecular weight excluding hydrogens is 150 g/mol. The summed E-state index contributed by atoms with van der Waals surface area (Å²) in [6.07, 6.45) is 1.80. The molecule has 5 heteroatoms. The van der Waals surface area contributed by atoms with Crippen molar-refractivity contribution in [2.45, 2.75) is 6.54 Å². The van der Waals surface area contributed by atoms with Crippen molar-refractivity contribution in [3.05, 3.63) is 11.1 Å². The highest BCUT2D eigenvalue weighted by molar-refractivity contribution is 7.71. The zero-order chi connectivity index (χ0) is 7.56. The number of aryl methyl sites for hydroxylation is 1. The molecule has 56 valence electrons. The van der Waals surface area contributed by atoms with Gasteiger partial charge in [0.2, 0.25) is 6.33 Å². The van der Waals surface area contributed by atoms with Crippen LogP contribution in [0.15, 0.2) is 6.33 Å². The molecule has 0 fully saturated rings. The Morgan fingerprint density at radius 1 is 1.90 bits per heavy atom. The van der Waals surface area contributed by atoms with Gasteiger partial charge in [0.05, 0.1) is 13.7 Å². The Balaban J connectivity index is 2.88. The lowest BCUT2D eigenvalue weighted by molar-refractivity contribution is -0.678. The Labute approximate surface area is 63.7 Å². The minimum Gasteiger partial charge on any atom is -0.393 e. The van der Waals surface area contributed by atoms with E-state index >= 15 is 0 Å². The van der Waals surface area contributed by atoms with Crippen LogP contribution < -0.4 is 4.57 Å². The Morgan fingerprint density at radius 2 is 2.60 bits per heavy atom. The molecule has 0 aliphatic rings. The van der Waals surface area contributed by atoms with Crippen LogP contribution in [-0.4, -0.2) is 21.5 Å². The molecule has 0 bridgehead atoms. The van der Waals surface area contributed by atoms with Crippen LogP contribution >= 0.6 is 12.2 Å². The number of aromatic amines is 1. The number of rotatable bonds is 2. The molecule has 10 heavy (non-hydrogen) atoms. The fourth-order valence-corrected chi connectivity index (χ4v) is 0.878. The van der Waals surface area contributed by atoms with Gasteiger partial charge in [-0.1, -0.05) is 0 Å². The molecule has 0 radical (unpaired) electrons. The highest BCUT2D eigenvalue weighted by Gasteiger charge is 1.99. The second kappa shape index (κ2) is 2.94. The van der Waals surface area contributed by atoms with Gasteiger partial charge in [-0.05, 0) is 12.2 Å². The SMILES string of the molecule is C[n+]1cn(CCO)[nH]c1=S. The van der Waals surface area contributed by atoms with E-state index in [0.29, 0.717) is 11.3 Å². The fraction of sp³-hybridized carbons (Fsp3) is 0.600. The first-order chi connectivity index (χ1) is 4.74. The van der Waals surface area contributed by atoms with Gasteiger partial charge in [-0.15, -0.1) is 5.10 Å². The first-order valence-electron chi connectivity index (χ1n) is 3.00. The van der Waals surface area contributed by atoms with Gasteiger partial charge in [-0.2, -0.15) is 4.68 Å². The second-order valence-electron chi connectivity index (χ2n) is 2.06. The van der Waals surface area contributed by atoms with E-state index in [4.69, 9.17) is 17.3 Å². The van der Waals surface area contributed by atoms with Crippen molar-refractivity contribution in [1.82, 2.24) is 9.78 Å². The molecule has 0 amide bonds. The summed E-state index contributed by atoms with van der Waals surface area (Å²) >= 11 is 4.89. The maximum absolute atomic E-state index is 8.54. The van der Waals surface area contributed by atoms with Crippen molar-refractivity contribution in [2.75, 3.05) is 6.61 Å². The summed E-state index contributed by atoms with van der Waals surface area (Å²) in [7, 11) is 1.85. The van der Waals surface area contributed by atoms with Crippen LogP contribution in [0.5, 0.6) is 0 Å². The van der Waals surface area contributed by atoms with Gasteiger partial charge < -0.3 is 5.11 Å². The summed E-state index contributed by atoms with van der Waals surface area (Å²) in [6, 6.07) is 0. The zero-order valence-corrected chi connectivity index (χ0v) is 6.56. The third kappa shape index (κ3) is 1.43. The third-order valence-electron chi connectivity index (χ3n) is 1.21. The van der Waals surface area contributed by atoms with Crippen LogP contribution in [0.25, 0.3) is 0 Å². The molecule has 0 aliphatic carbocycles. The van der Waals surface area contributed by atoms with Crippen molar-refractivity contribution >= 4 is 12.2 Å². The maximum atomic E-state index is 8.54. The summed E-state index contributed by atoms with van der Waals surface area (Å²) < 4.78 is 4.18. The third-order valence-corrected chi connectivity index (χ3v) is 1.59. The quantitative estimate of drug-likeness (QED) is 0.446. The van der Waals surface area contributed by atoms with Gasteiger partial charge in [0.1, 0.15) is 6.54 Å². The van der Waals surface area contributed by atoms with Gasteiger partial charge in [0.25, 0.3) is 0 Å². The van der Waals surface area contributed by atoms with Gasteiger partial charge >= 0.3 is 4.77 Å². The molecule has 0 spiro atoms. The molecule has 0 aromatic carbocycles. The lowest BCUT2D eigenvalue weighted by Gasteiger charge is -1.85. The fourth-order valence-electron chi connectivity index (χ4n) is 0.713. The highest BCUT2D eigenvalue weighted by Crippen LogP contribution is 1.78. The number of hydrogen-bond donors (Lipinski definition) is 2. The smallest absolute Gasteiger partial charge is 0.322 e. The first kappa shape index (κ1) is 7.43. The van der Waals surface area contributed by atoms with E-state index in [1.165, 1.54) is 0 Å². The average molecular weight is 160 g/mol. The molecule has 1 aromatic heterocycles. The predicted molar refractivity (Wildman–Crippen MR) is 37.9 cm³/mol. The monoisotopic (exact) mass is 160 g/mol. The molecule has 0 aliphatic heterocycles. The van der Waals surface area contributed by atoms with Crippen LogP contribution in [0.1, 0.15) is 0 Å². The topological polar surface area (TPSA) is 44.8 Å². The van der Waals surface area contributed by atoms with Gasteiger partial charge in [0, 0.05) is 0 Å². The van der Waals surface area contributed by atoms with Crippen LogP contribution in [-0.2, 0) is 13.6 Å². The Kier molecular flexibility index (Phi) is 2.18. The molecule has 4 nitrogen and oxygen atoms in total. The lowest BCUT2D eigenvalue weighted by Crippen LogP contribution is -2.26. The van der Waals surface area contributed by atoms with Gasteiger partial charge in [-0.3, -0.25) is 0 Å². The molecule has 0 saturated heterocycles. The molecule has 1 rings (SSSR count). The standard InChI is InChI=1S/C5H9N3OS/c1-7-4-8(2-3-9)6-5(7)10/h4,9H,2-3H2,1H3/p+1. The summed E-state index contributed by atoms with van der Waals surface area (Å²) in [5.41, 5.74) is 0. The Morgan fingerprint density at radius 3 is 3.00 bits per heavy atom. The molecular formula is C5H10N3OS+. The van der Waals surface area contributed by atoms with Gasteiger partial charge in [0.15, 0.2) is 0 Å². The van der Waals surface area contributed by atoms with E-state index in [2.05, 4.69) is 5.10 Å². The van der Waals surface area contributed by atoms with Crippen LogP contribution in [0.2, 0.25) is 0 Å². The number of aliphatic hydroxyl groups excluding tert-OH is 1. The van der Waals surface area contributed by atoms with E-state index in [9.17, 15) is 0 Å². The normalized spacial score (nSPS) is 10.2. The number of hydrogen-bond acceptors (Lipinski definition) is 2. The molecule has 2 N–H and O–H groups in total. The summed E-state index contributed by atoms with van der Waals surface area (Å²) in [5, 5.41) is 11.4. The second-order valence-corrected chi connectivity index (χ2v) is 2.45. The zero-order valence-electron chi connectivity index (χ0n) is 5.74. The van der Waals surface area contributed by atoms with Crippen molar-refractivity contribution in [1.29, 1.82) is 0 Å². The number of H-pyrrole nitrogens is 1. The summed E-state index contributed by atoms with van der Waals surface area (Å²) in [6.45, 7) is 0.685. The number of nitrogens with one attached hydrogen (secondary N) is 1. The number of aliphatic hydroxyl groups is 1. The molecule has 0 saturated carbocycles.